The van der Waals surface area contributed by atoms with E-state index in [4.69, 9.17) is 5.11 Å². The first-order chi connectivity index (χ1) is 7.74. The molecular formula is C9H11N5O2. The number of nitrogens with one attached hydrogen (secondary N) is 1. The van der Waals surface area contributed by atoms with Crippen LogP contribution >= 0.6 is 0 Å². The molecule has 0 aromatic carbocycles. The van der Waals surface area contributed by atoms with Crippen LogP contribution < -0.4 is 5.32 Å². The maximum atomic E-state index is 11.7. The minimum atomic E-state index is -0.281. The van der Waals surface area contributed by atoms with Crippen molar-refractivity contribution in [2.24, 2.45) is 0 Å². The van der Waals surface area contributed by atoms with Crippen LogP contribution in [0.2, 0.25) is 0 Å². The molecule has 0 atom stereocenters. The third kappa shape index (κ3) is 1.72. The molecule has 0 aliphatic carbocycles. The number of aliphatic hydroxyl groups is 1. The van der Waals surface area contributed by atoms with E-state index in [1.807, 2.05) is 0 Å². The quantitative estimate of drug-likeness (QED) is 0.704. The van der Waals surface area contributed by atoms with Crippen LogP contribution in [0.25, 0.3) is 5.78 Å². The van der Waals surface area contributed by atoms with Crippen molar-refractivity contribution < 1.29 is 9.90 Å². The zero-order valence-electron chi connectivity index (χ0n) is 8.71. The number of fused-ring (bicyclic) bond motifs is 1. The number of aryl methyl sites for hydroxylation is 1. The summed E-state index contributed by atoms with van der Waals surface area (Å²) in [6.07, 6.45) is 2.83. The van der Waals surface area contributed by atoms with Crippen molar-refractivity contribution in [1.29, 1.82) is 0 Å². The Kier molecular flexibility index (Phi) is 2.78. The molecule has 16 heavy (non-hydrogen) atoms. The van der Waals surface area contributed by atoms with Crippen molar-refractivity contribution in [1.82, 2.24) is 24.9 Å². The Morgan fingerprint density at radius 2 is 2.38 bits per heavy atom. The fourth-order valence-electron chi connectivity index (χ4n) is 1.38. The van der Waals surface area contributed by atoms with E-state index in [0.717, 1.165) is 0 Å². The highest BCUT2D eigenvalue weighted by Gasteiger charge is 2.12. The lowest BCUT2D eigenvalue weighted by Crippen LogP contribution is -2.27. The van der Waals surface area contributed by atoms with Gasteiger partial charge in [-0.15, -0.1) is 0 Å². The Morgan fingerprint density at radius 3 is 3.12 bits per heavy atom. The van der Waals surface area contributed by atoms with Crippen LogP contribution in [0, 0.1) is 6.92 Å². The molecule has 0 spiro atoms. The van der Waals surface area contributed by atoms with Gasteiger partial charge in [-0.2, -0.15) is 10.1 Å². The van der Waals surface area contributed by atoms with Crippen LogP contribution in [0.15, 0.2) is 12.5 Å². The van der Waals surface area contributed by atoms with Crippen LogP contribution in [-0.2, 0) is 0 Å². The van der Waals surface area contributed by atoms with Gasteiger partial charge in [0, 0.05) is 12.7 Å². The molecule has 0 aliphatic rings. The molecular weight excluding hydrogens is 210 g/mol. The van der Waals surface area contributed by atoms with E-state index >= 15 is 0 Å². The predicted molar refractivity (Wildman–Crippen MR) is 54.9 cm³/mol. The van der Waals surface area contributed by atoms with Crippen LogP contribution in [0.4, 0.5) is 0 Å². The molecule has 7 heteroatoms. The van der Waals surface area contributed by atoms with Crippen LogP contribution in [0.5, 0.6) is 0 Å². The highest BCUT2D eigenvalue weighted by atomic mass is 16.3. The third-order valence-electron chi connectivity index (χ3n) is 2.19. The predicted octanol–water partition coefficient (Wildman–Crippen LogP) is -0.845. The van der Waals surface area contributed by atoms with Crippen molar-refractivity contribution in [3.05, 3.63) is 23.8 Å². The Hall–Kier alpha value is -2.02. The molecule has 0 aliphatic heterocycles. The summed E-state index contributed by atoms with van der Waals surface area (Å²) in [6, 6.07) is 0. The number of hydrogen-bond donors (Lipinski definition) is 2. The number of carbonyl (C=O) groups excluding carboxylic acids is 1. The Morgan fingerprint density at radius 1 is 1.56 bits per heavy atom. The minimum Gasteiger partial charge on any atom is -0.395 e. The molecule has 2 heterocycles. The molecule has 2 N–H and O–H groups in total. The van der Waals surface area contributed by atoms with Gasteiger partial charge in [-0.3, -0.25) is 4.79 Å². The average molecular weight is 221 g/mol. The Labute approximate surface area is 91.1 Å². The average Bonchev–Trinajstić information content (AvgIpc) is 2.75. The lowest BCUT2D eigenvalue weighted by molar-refractivity contribution is 0.0943. The monoisotopic (exact) mass is 221 g/mol. The topological polar surface area (TPSA) is 92.4 Å². The minimum absolute atomic E-state index is 0.0935. The molecule has 2 aromatic heterocycles. The van der Waals surface area contributed by atoms with Gasteiger partial charge in [-0.25, -0.2) is 9.50 Å². The summed E-state index contributed by atoms with van der Waals surface area (Å²) in [5.41, 5.74) is 1.09. The second-order valence-corrected chi connectivity index (χ2v) is 3.21. The molecule has 7 nitrogen and oxygen atoms in total. The summed E-state index contributed by atoms with van der Waals surface area (Å²) in [5.74, 6) is 0.174. The van der Waals surface area contributed by atoms with Gasteiger partial charge in [0.1, 0.15) is 6.33 Å². The van der Waals surface area contributed by atoms with Crippen molar-refractivity contribution >= 4 is 11.7 Å². The highest BCUT2D eigenvalue weighted by molar-refractivity contribution is 5.95. The third-order valence-corrected chi connectivity index (χ3v) is 2.19. The van der Waals surface area contributed by atoms with E-state index < -0.39 is 0 Å². The van der Waals surface area contributed by atoms with E-state index in [9.17, 15) is 4.79 Å². The number of hydrogen-bond acceptors (Lipinski definition) is 5. The van der Waals surface area contributed by atoms with Gasteiger partial charge in [0.15, 0.2) is 0 Å². The summed E-state index contributed by atoms with van der Waals surface area (Å²) in [7, 11) is 0. The van der Waals surface area contributed by atoms with Crippen molar-refractivity contribution in [3.63, 3.8) is 0 Å². The normalized spacial score (nSPS) is 10.6. The largest absolute Gasteiger partial charge is 0.395 e. The SMILES string of the molecule is Cc1c(C(=O)NCCO)cnc2ncnn12. The summed E-state index contributed by atoms with van der Waals surface area (Å²) in [5, 5.41) is 15.1. The smallest absolute Gasteiger partial charge is 0.254 e. The summed E-state index contributed by atoms with van der Waals surface area (Å²) in [6.45, 7) is 1.88. The van der Waals surface area contributed by atoms with E-state index in [-0.39, 0.29) is 19.1 Å². The summed E-state index contributed by atoms with van der Waals surface area (Å²) >= 11 is 0. The molecule has 2 rings (SSSR count). The van der Waals surface area contributed by atoms with Gasteiger partial charge in [0.2, 0.25) is 0 Å². The van der Waals surface area contributed by atoms with Gasteiger partial charge in [0.25, 0.3) is 11.7 Å². The first kappa shape index (κ1) is 10.5. The molecule has 0 radical (unpaired) electrons. The summed E-state index contributed by atoms with van der Waals surface area (Å²) < 4.78 is 1.49. The molecule has 0 unspecified atom stereocenters. The van der Waals surface area contributed by atoms with Crippen LogP contribution in [-0.4, -0.2) is 43.7 Å². The van der Waals surface area contributed by atoms with E-state index in [1.165, 1.54) is 17.0 Å². The highest BCUT2D eigenvalue weighted by Crippen LogP contribution is 2.06. The maximum Gasteiger partial charge on any atom is 0.254 e. The lowest BCUT2D eigenvalue weighted by atomic mass is 10.2. The van der Waals surface area contributed by atoms with Gasteiger partial charge in [0.05, 0.1) is 17.9 Å². The molecule has 2 aromatic rings. The van der Waals surface area contributed by atoms with E-state index in [2.05, 4.69) is 20.4 Å². The van der Waals surface area contributed by atoms with Crippen LogP contribution in [0.1, 0.15) is 16.1 Å². The molecule has 0 saturated heterocycles. The first-order valence-corrected chi connectivity index (χ1v) is 4.78. The van der Waals surface area contributed by atoms with Crippen molar-refractivity contribution in [2.45, 2.75) is 6.92 Å². The Bertz CT molecular complexity index is 522. The van der Waals surface area contributed by atoms with E-state index in [0.29, 0.717) is 17.0 Å². The first-order valence-electron chi connectivity index (χ1n) is 4.78. The number of aliphatic hydroxyl groups excluding tert-OH is 1. The molecule has 0 bridgehead atoms. The molecule has 0 saturated carbocycles. The second-order valence-electron chi connectivity index (χ2n) is 3.21. The fourth-order valence-corrected chi connectivity index (χ4v) is 1.38. The van der Waals surface area contributed by atoms with Crippen molar-refractivity contribution in [2.75, 3.05) is 13.2 Å². The molecule has 84 valence electrons. The van der Waals surface area contributed by atoms with Crippen LogP contribution in [0.3, 0.4) is 0 Å². The standard InChI is InChI=1S/C9H11N5O2/c1-6-7(8(16)10-2-3-15)4-11-9-12-5-13-14(6)9/h4-5,15H,2-3H2,1H3,(H,10,16). The van der Waals surface area contributed by atoms with Gasteiger partial charge in [-0.05, 0) is 6.92 Å². The van der Waals surface area contributed by atoms with Gasteiger partial charge >= 0.3 is 0 Å². The number of aromatic nitrogens is 4. The van der Waals surface area contributed by atoms with Gasteiger partial charge < -0.3 is 10.4 Å². The Balaban J connectivity index is 2.37. The molecule has 1 amide bonds. The van der Waals surface area contributed by atoms with Gasteiger partial charge in [-0.1, -0.05) is 0 Å². The zero-order valence-corrected chi connectivity index (χ0v) is 8.71. The molecule has 0 fully saturated rings. The number of rotatable bonds is 3. The van der Waals surface area contributed by atoms with E-state index in [1.54, 1.807) is 6.92 Å². The number of nitrogens with zero attached hydrogens (tertiary/aromatic N) is 4. The second kappa shape index (κ2) is 4.23. The number of carbonyl (C=O) groups is 1. The fraction of sp³-hybridized carbons (Fsp3) is 0.333. The lowest BCUT2D eigenvalue weighted by Gasteiger charge is -2.06. The zero-order chi connectivity index (χ0) is 11.5. The maximum absolute atomic E-state index is 11.7. The number of amides is 1. The summed E-state index contributed by atoms with van der Waals surface area (Å²) in [4.78, 5) is 19.6. The van der Waals surface area contributed by atoms with Crippen molar-refractivity contribution in [3.8, 4) is 0 Å².